The van der Waals surface area contributed by atoms with Gasteiger partial charge in [0.2, 0.25) is 0 Å². The van der Waals surface area contributed by atoms with Crippen molar-refractivity contribution in [1.29, 1.82) is 0 Å². The van der Waals surface area contributed by atoms with Gasteiger partial charge in [-0.3, -0.25) is 14.8 Å². The van der Waals surface area contributed by atoms with E-state index < -0.39 is 0 Å². The topological polar surface area (TPSA) is 73.0 Å². The van der Waals surface area contributed by atoms with Gasteiger partial charge in [0.15, 0.2) is 0 Å². The van der Waals surface area contributed by atoms with Crippen molar-refractivity contribution in [2.24, 2.45) is 0 Å². The van der Waals surface area contributed by atoms with Gasteiger partial charge in [-0.05, 0) is 26.0 Å². The molecule has 0 fully saturated rings. The molecule has 112 valence electrons. The summed E-state index contributed by atoms with van der Waals surface area (Å²) >= 11 is 0. The number of nitrogens with one attached hydrogen (secondary N) is 1. The van der Waals surface area contributed by atoms with Crippen molar-refractivity contribution < 1.29 is 4.92 Å². The van der Waals surface area contributed by atoms with Gasteiger partial charge in [0.1, 0.15) is 0 Å². The van der Waals surface area contributed by atoms with Crippen LogP contribution in [-0.4, -0.2) is 21.2 Å². The third kappa shape index (κ3) is 3.46. The highest BCUT2D eigenvalue weighted by Gasteiger charge is 2.12. The molecule has 6 nitrogen and oxygen atoms in total. The van der Waals surface area contributed by atoms with Crippen LogP contribution in [0.4, 0.5) is 5.69 Å². The fraction of sp³-hybridized carbons (Fsp3) is 0.400. The molecule has 1 N–H and O–H groups in total. The number of nitro benzene ring substituents is 1. The predicted octanol–water partition coefficient (Wildman–Crippen LogP) is 2.57. The van der Waals surface area contributed by atoms with Crippen LogP contribution in [0, 0.1) is 24.0 Å². The van der Waals surface area contributed by atoms with Gasteiger partial charge in [-0.25, -0.2) is 0 Å². The van der Waals surface area contributed by atoms with Crippen LogP contribution >= 0.6 is 0 Å². The summed E-state index contributed by atoms with van der Waals surface area (Å²) in [6, 6.07) is 6.69. The van der Waals surface area contributed by atoms with Crippen LogP contribution in [-0.2, 0) is 13.1 Å². The maximum atomic E-state index is 10.8. The smallest absolute Gasteiger partial charge is 0.269 e. The molecule has 0 amide bonds. The lowest BCUT2D eigenvalue weighted by Gasteiger charge is -2.06. The standard InChI is InChI=1S/C15H20N4O2/c1-4-16-9-15-11(2)17-18(12(15)3)10-13-6-5-7-14(8-13)19(20)21/h5-8,16H,4,9-10H2,1-3H3. The third-order valence-corrected chi connectivity index (χ3v) is 3.54. The Morgan fingerprint density at radius 3 is 2.81 bits per heavy atom. The average Bonchev–Trinajstić information content (AvgIpc) is 2.72. The molecule has 2 rings (SSSR count). The van der Waals surface area contributed by atoms with E-state index in [1.165, 1.54) is 11.6 Å². The van der Waals surface area contributed by atoms with Crippen molar-refractivity contribution in [1.82, 2.24) is 15.1 Å². The maximum Gasteiger partial charge on any atom is 0.269 e. The number of aromatic nitrogens is 2. The first-order valence-electron chi connectivity index (χ1n) is 6.99. The van der Waals surface area contributed by atoms with Crippen LogP contribution in [0.3, 0.4) is 0 Å². The summed E-state index contributed by atoms with van der Waals surface area (Å²) in [6.45, 7) is 8.34. The van der Waals surface area contributed by atoms with Crippen LogP contribution in [0.2, 0.25) is 0 Å². The van der Waals surface area contributed by atoms with Gasteiger partial charge in [-0.2, -0.15) is 5.10 Å². The van der Waals surface area contributed by atoms with Gasteiger partial charge in [-0.15, -0.1) is 0 Å². The first-order valence-corrected chi connectivity index (χ1v) is 6.99. The van der Waals surface area contributed by atoms with Crippen molar-refractivity contribution in [2.75, 3.05) is 6.54 Å². The third-order valence-electron chi connectivity index (χ3n) is 3.54. The molecule has 0 aliphatic rings. The van der Waals surface area contributed by atoms with E-state index in [0.717, 1.165) is 30.0 Å². The first-order chi connectivity index (χ1) is 10.0. The normalized spacial score (nSPS) is 10.8. The zero-order valence-electron chi connectivity index (χ0n) is 12.6. The lowest BCUT2D eigenvalue weighted by molar-refractivity contribution is -0.384. The van der Waals surface area contributed by atoms with E-state index in [1.54, 1.807) is 12.1 Å². The fourth-order valence-corrected chi connectivity index (χ4v) is 2.34. The van der Waals surface area contributed by atoms with E-state index in [-0.39, 0.29) is 10.6 Å². The second-order valence-electron chi connectivity index (χ2n) is 5.01. The summed E-state index contributed by atoms with van der Waals surface area (Å²) in [5.41, 5.74) is 4.29. The van der Waals surface area contributed by atoms with Gasteiger partial charge < -0.3 is 5.32 Å². The SMILES string of the molecule is CCNCc1c(C)nn(Cc2cccc([N+](=O)[O-])c2)c1C. The Bertz CT molecular complexity index is 649. The summed E-state index contributed by atoms with van der Waals surface area (Å²) in [6.07, 6.45) is 0. The number of nitro groups is 1. The largest absolute Gasteiger partial charge is 0.313 e. The Hall–Kier alpha value is -2.21. The van der Waals surface area contributed by atoms with E-state index in [4.69, 9.17) is 0 Å². The van der Waals surface area contributed by atoms with Crippen LogP contribution in [0.15, 0.2) is 24.3 Å². The molecule has 1 aromatic carbocycles. The molecule has 6 heteroatoms. The molecule has 21 heavy (non-hydrogen) atoms. The number of nitrogens with zero attached hydrogens (tertiary/aromatic N) is 3. The molecule has 0 unspecified atom stereocenters. The number of non-ortho nitro benzene ring substituents is 1. The highest BCUT2D eigenvalue weighted by molar-refractivity contribution is 5.35. The number of benzene rings is 1. The minimum absolute atomic E-state index is 0.113. The van der Waals surface area contributed by atoms with Gasteiger partial charge >= 0.3 is 0 Å². The molecule has 0 radical (unpaired) electrons. The molecular weight excluding hydrogens is 268 g/mol. The van der Waals surface area contributed by atoms with Crippen molar-refractivity contribution in [2.45, 2.75) is 33.9 Å². The second-order valence-corrected chi connectivity index (χ2v) is 5.01. The zero-order valence-corrected chi connectivity index (χ0v) is 12.6. The molecule has 0 saturated carbocycles. The van der Waals surface area contributed by atoms with Crippen molar-refractivity contribution in [3.63, 3.8) is 0 Å². The van der Waals surface area contributed by atoms with Crippen LogP contribution in [0.25, 0.3) is 0 Å². The van der Waals surface area contributed by atoms with Crippen LogP contribution in [0.1, 0.15) is 29.4 Å². The zero-order chi connectivity index (χ0) is 15.4. The monoisotopic (exact) mass is 288 g/mol. The summed E-state index contributed by atoms with van der Waals surface area (Å²) in [4.78, 5) is 10.5. The Kier molecular flexibility index (Phi) is 4.70. The molecule has 0 saturated heterocycles. The minimum atomic E-state index is -0.374. The number of rotatable bonds is 6. The number of hydrogen-bond acceptors (Lipinski definition) is 4. The summed E-state index contributed by atoms with van der Waals surface area (Å²) in [5.74, 6) is 0. The Balaban J connectivity index is 2.24. The Morgan fingerprint density at radius 1 is 1.38 bits per heavy atom. The Morgan fingerprint density at radius 2 is 2.14 bits per heavy atom. The maximum absolute atomic E-state index is 10.8. The van der Waals surface area contributed by atoms with E-state index >= 15 is 0 Å². The van der Waals surface area contributed by atoms with Crippen LogP contribution < -0.4 is 5.32 Å². The van der Waals surface area contributed by atoms with Crippen molar-refractivity contribution in [3.8, 4) is 0 Å². The molecule has 0 aliphatic carbocycles. The first kappa shape index (κ1) is 15.2. The van der Waals surface area contributed by atoms with E-state index in [9.17, 15) is 10.1 Å². The molecule has 0 bridgehead atoms. The van der Waals surface area contributed by atoms with Crippen LogP contribution in [0.5, 0.6) is 0 Å². The van der Waals surface area contributed by atoms with Gasteiger partial charge in [-0.1, -0.05) is 19.1 Å². The molecular formula is C15H20N4O2. The molecule has 1 heterocycles. The van der Waals surface area contributed by atoms with Gasteiger partial charge in [0.05, 0.1) is 17.2 Å². The Labute approximate surface area is 123 Å². The summed E-state index contributed by atoms with van der Waals surface area (Å²) in [5, 5.41) is 18.7. The lowest BCUT2D eigenvalue weighted by Crippen LogP contribution is -2.13. The highest BCUT2D eigenvalue weighted by Crippen LogP contribution is 2.17. The minimum Gasteiger partial charge on any atom is -0.313 e. The van der Waals surface area contributed by atoms with Crippen molar-refractivity contribution >= 4 is 5.69 Å². The second kappa shape index (κ2) is 6.49. The average molecular weight is 288 g/mol. The van der Waals surface area contributed by atoms with Gasteiger partial charge in [0, 0.05) is 29.9 Å². The molecule has 2 aromatic rings. The molecule has 1 aromatic heterocycles. The molecule has 0 aliphatic heterocycles. The summed E-state index contributed by atoms with van der Waals surface area (Å²) < 4.78 is 1.90. The van der Waals surface area contributed by atoms with E-state index in [2.05, 4.69) is 17.3 Å². The quantitative estimate of drug-likeness (QED) is 0.655. The lowest BCUT2D eigenvalue weighted by atomic mass is 10.2. The summed E-state index contributed by atoms with van der Waals surface area (Å²) in [7, 11) is 0. The number of hydrogen-bond donors (Lipinski definition) is 1. The highest BCUT2D eigenvalue weighted by atomic mass is 16.6. The fourth-order valence-electron chi connectivity index (χ4n) is 2.34. The number of aryl methyl sites for hydroxylation is 1. The predicted molar refractivity (Wildman–Crippen MR) is 81.3 cm³/mol. The van der Waals surface area contributed by atoms with Gasteiger partial charge in [0.25, 0.3) is 5.69 Å². The molecule has 0 spiro atoms. The van der Waals surface area contributed by atoms with E-state index in [0.29, 0.717) is 6.54 Å². The molecule has 0 atom stereocenters. The van der Waals surface area contributed by atoms with E-state index in [1.807, 2.05) is 24.6 Å². The van der Waals surface area contributed by atoms with Crippen molar-refractivity contribution in [3.05, 3.63) is 56.9 Å².